The van der Waals surface area contributed by atoms with E-state index in [2.05, 4.69) is 22.6 Å². The maximum absolute atomic E-state index is 13.1. The van der Waals surface area contributed by atoms with Crippen molar-refractivity contribution in [3.63, 3.8) is 0 Å². The third-order valence-corrected chi connectivity index (χ3v) is 2.79. The van der Waals surface area contributed by atoms with Gasteiger partial charge in [-0.3, -0.25) is 4.79 Å². The summed E-state index contributed by atoms with van der Waals surface area (Å²) in [5.41, 5.74) is 1.03. The zero-order chi connectivity index (χ0) is 9.30. The first-order chi connectivity index (χ1) is 5.52. The number of carbonyl (C=O) groups is 1. The number of ketones is 1. The van der Waals surface area contributed by atoms with Gasteiger partial charge in [-0.05, 0) is 54.1 Å². The van der Waals surface area contributed by atoms with Crippen molar-refractivity contribution < 1.29 is 9.18 Å². The summed E-state index contributed by atoms with van der Waals surface area (Å²) in [7, 11) is 0. The summed E-state index contributed by atoms with van der Waals surface area (Å²) in [5.74, 6) is -0.661. The van der Waals surface area contributed by atoms with Crippen LogP contribution in [-0.2, 0) is 0 Å². The number of rotatable bonds is 1. The number of carbonyl (C=O) groups excluding carboxylic acids is 1. The lowest BCUT2D eigenvalue weighted by atomic mass is 10.1. The fourth-order valence-electron chi connectivity index (χ4n) is 0.916. The minimum atomic E-state index is -0.430. The largest absolute Gasteiger partial charge is 0.294 e. The molecule has 0 aliphatic rings. The molecule has 0 spiro atoms. The van der Waals surface area contributed by atoms with E-state index in [9.17, 15) is 9.18 Å². The first-order valence-electron chi connectivity index (χ1n) is 3.49. The third kappa shape index (κ3) is 1.83. The lowest BCUT2D eigenvalue weighted by Gasteiger charge is -2.02. The quantitative estimate of drug-likeness (QED) is 0.570. The number of benzene rings is 1. The Morgan fingerprint density at radius 1 is 1.50 bits per heavy atom. The van der Waals surface area contributed by atoms with Crippen LogP contribution in [0, 0.1) is 16.3 Å². The zero-order valence-electron chi connectivity index (χ0n) is 6.82. The first kappa shape index (κ1) is 9.64. The first-order valence-corrected chi connectivity index (χ1v) is 4.57. The maximum Gasteiger partial charge on any atom is 0.162 e. The van der Waals surface area contributed by atoms with Crippen LogP contribution in [0.25, 0.3) is 0 Å². The highest BCUT2D eigenvalue weighted by molar-refractivity contribution is 14.1. The molecule has 1 aromatic carbocycles. The average molecular weight is 278 g/mol. The standard InChI is InChI=1S/C9H8FIO/c1-5-3-8(10)7(6(2)12)4-9(5)11/h3-4H,1-2H3. The molecule has 3 heteroatoms. The summed E-state index contributed by atoms with van der Waals surface area (Å²) < 4.78 is 14.0. The van der Waals surface area contributed by atoms with Gasteiger partial charge < -0.3 is 0 Å². The van der Waals surface area contributed by atoms with Crippen LogP contribution in [0.1, 0.15) is 22.8 Å². The van der Waals surface area contributed by atoms with Crippen molar-refractivity contribution in [2.45, 2.75) is 13.8 Å². The molecule has 12 heavy (non-hydrogen) atoms. The van der Waals surface area contributed by atoms with Crippen LogP contribution in [0.5, 0.6) is 0 Å². The third-order valence-electron chi connectivity index (χ3n) is 1.63. The van der Waals surface area contributed by atoms with Crippen molar-refractivity contribution in [2.24, 2.45) is 0 Å². The van der Waals surface area contributed by atoms with E-state index in [1.807, 2.05) is 6.92 Å². The van der Waals surface area contributed by atoms with E-state index >= 15 is 0 Å². The molecular weight excluding hydrogens is 270 g/mol. The Morgan fingerprint density at radius 3 is 2.58 bits per heavy atom. The molecule has 0 aromatic heterocycles. The van der Waals surface area contributed by atoms with Crippen LogP contribution in [0.3, 0.4) is 0 Å². The molecule has 0 saturated heterocycles. The van der Waals surface area contributed by atoms with E-state index in [0.29, 0.717) is 0 Å². The van der Waals surface area contributed by atoms with Crippen LogP contribution in [-0.4, -0.2) is 5.78 Å². The summed E-state index contributed by atoms with van der Waals surface area (Å²) in [6, 6.07) is 2.96. The average Bonchev–Trinajstić information content (AvgIpc) is 1.96. The van der Waals surface area contributed by atoms with E-state index in [-0.39, 0.29) is 11.3 Å². The molecule has 0 atom stereocenters. The SMILES string of the molecule is CC(=O)c1cc(I)c(C)cc1F. The van der Waals surface area contributed by atoms with Crippen molar-refractivity contribution in [3.05, 3.63) is 32.6 Å². The van der Waals surface area contributed by atoms with Gasteiger partial charge in [0.25, 0.3) is 0 Å². The smallest absolute Gasteiger partial charge is 0.162 e. The maximum atomic E-state index is 13.1. The molecule has 1 rings (SSSR count). The van der Waals surface area contributed by atoms with Gasteiger partial charge in [0.1, 0.15) is 5.82 Å². The van der Waals surface area contributed by atoms with Crippen LogP contribution >= 0.6 is 22.6 Å². The number of Topliss-reactive ketones (excluding diaryl/α,β-unsaturated/α-hetero) is 1. The monoisotopic (exact) mass is 278 g/mol. The molecule has 0 radical (unpaired) electrons. The number of aryl methyl sites for hydroxylation is 1. The molecule has 0 fully saturated rings. The minimum absolute atomic E-state index is 0.171. The Kier molecular flexibility index (Phi) is 2.82. The predicted molar refractivity (Wildman–Crippen MR) is 53.9 cm³/mol. The van der Waals surface area contributed by atoms with E-state index in [1.165, 1.54) is 13.0 Å². The summed E-state index contributed by atoms with van der Waals surface area (Å²) in [6.45, 7) is 3.18. The second-order valence-electron chi connectivity index (χ2n) is 2.64. The topological polar surface area (TPSA) is 17.1 Å². The van der Waals surface area contributed by atoms with Crippen molar-refractivity contribution in [2.75, 3.05) is 0 Å². The van der Waals surface area contributed by atoms with Gasteiger partial charge in [-0.15, -0.1) is 0 Å². The van der Waals surface area contributed by atoms with Crippen LogP contribution in [0.15, 0.2) is 12.1 Å². The molecule has 1 aromatic rings. The molecule has 0 amide bonds. The highest BCUT2D eigenvalue weighted by Gasteiger charge is 2.08. The Hall–Kier alpha value is -0.450. The van der Waals surface area contributed by atoms with Gasteiger partial charge in [0.15, 0.2) is 5.78 Å². The normalized spacial score (nSPS) is 10.0. The van der Waals surface area contributed by atoms with Crippen LogP contribution in [0.4, 0.5) is 4.39 Å². The van der Waals surface area contributed by atoms with Crippen LogP contribution in [0.2, 0.25) is 0 Å². The predicted octanol–water partition coefficient (Wildman–Crippen LogP) is 2.94. The van der Waals surface area contributed by atoms with E-state index in [4.69, 9.17) is 0 Å². The van der Waals surface area contributed by atoms with Gasteiger partial charge in [0, 0.05) is 3.57 Å². The van der Waals surface area contributed by atoms with Crippen molar-refractivity contribution in [1.29, 1.82) is 0 Å². The molecule has 0 unspecified atom stereocenters. The van der Waals surface area contributed by atoms with Crippen molar-refractivity contribution in [1.82, 2.24) is 0 Å². The Bertz CT molecular complexity index is 334. The Morgan fingerprint density at radius 2 is 2.08 bits per heavy atom. The van der Waals surface area contributed by atoms with Crippen LogP contribution < -0.4 is 0 Å². The molecular formula is C9H8FIO. The molecule has 0 bridgehead atoms. The van der Waals surface area contributed by atoms with Gasteiger partial charge in [-0.1, -0.05) is 0 Å². The van der Waals surface area contributed by atoms with Gasteiger partial charge in [-0.2, -0.15) is 0 Å². The summed E-state index contributed by atoms with van der Waals surface area (Å²) in [5, 5.41) is 0. The molecule has 1 nitrogen and oxygen atoms in total. The molecule has 0 heterocycles. The van der Waals surface area contributed by atoms with Crippen molar-refractivity contribution in [3.8, 4) is 0 Å². The van der Waals surface area contributed by atoms with Gasteiger partial charge in [0.05, 0.1) is 5.56 Å². The van der Waals surface area contributed by atoms with E-state index < -0.39 is 5.82 Å². The van der Waals surface area contributed by atoms with Gasteiger partial charge in [-0.25, -0.2) is 4.39 Å². The fourth-order valence-corrected chi connectivity index (χ4v) is 1.38. The van der Waals surface area contributed by atoms with E-state index in [1.54, 1.807) is 6.07 Å². The van der Waals surface area contributed by atoms with Crippen molar-refractivity contribution >= 4 is 28.4 Å². The molecule has 0 saturated carbocycles. The number of hydrogen-bond acceptors (Lipinski definition) is 1. The summed E-state index contributed by atoms with van der Waals surface area (Å²) in [4.78, 5) is 10.9. The summed E-state index contributed by atoms with van der Waals surface area (Å²) in [6.07, 6.45) is 0. The summed E-state index contributed by atoms with van der Waals surface area (Å²) >= 11 is 2.08. The second-order valence-corrected chi connectivity index (χ2v) is 3.80. The molecule has 0 N–H and O–H groups in total. The minimum Gasteiger partial charge on any atom is -0.294 e. The number of hydrogen-bond donors (Lipinski definition) is 0. The fraction of sp³-hybridized carbons (Fsp3) is 0.222. The lowest BCUT2D eigenvalue weighted by Crippen LogP contribution is -1.98. The number of halogens is 2. The second kappa shape index (κ2) is 3.51. The Labute approximate surface area is 84.1 Å². The van der Waals surface area contributed by atoms with Gasteiger partial charge in [0.2, 0.25) is 0 Å². The zero-order valence-corrected chi connectivity index (χ0v) is 8.98. The lowest BCUT2D eigenvalue weighted by molar-refractivity contribution is 0.101. The highest BCUT2D eigenvalue weighted by Crippen LogP contribution is 2.17. The highest BCUT2D eigenvalue weighted by atomic mass is 127. The Balaban J connectivity index is 3.33. The van der Waals surface area contributed by atoms with E-state index in [0.717, 1.165) is 9.13 Å². The molecule has 0 aliphatic heterocycles. The molecule has 0 aliphatic carbocycles. The van der Waals surface area contributed by atoms with Gasteiger partial charge >= 0.3 is 0 Å². The molecule has 64 valence electrons.